The number of likely N-dealkylation sites (tertiary alicyclic amines) is 1. The summed E-state index contributed by atoms with van der Waals surface area (Å²) in [5.41, 5.74) is 1.26. The van der Waals surface area contributed by atoms with Gasteiger partial charge in [0.2, 0.25) is 0 Å². The van der Waals surface area contributed by atoms with Crippen LogP contribution >= 0.6 is 0 Å². The van der Waals surface area contributed by atoms with Crippen LogP contribution in [0.15, 0.2) is 59.5 Å². The highest BCUT2D eigenvalue weighted by Crippen LogP contribution is 2.23. The number of pyridine rings is 1. The number of rotatable bonds is 4. The normalized spacial score (nSPS) is 15.8. The van der Waals surface area contributed by atoms with E-state index in [2.05, 4.69) is 10.2 Å². The van der Waals surface area contributed by atoms with E-state index in [1.807, 2.05) is 43.3 Å². The molecule has 152 valence electrons. The van der Waals surface area contributed by atoms with Crippen molar-refractivity contribution in [3.8, 4) is 0 Å². The summed E-state index contributed by atoms with van der Waals surface area (Å²) in [6, 6.07) is 15.1. The summed E-state index contributed by atoms with van der Waals surface area (Å²) < 4.78 is 1.47. The zero-order chi connectivity index (χ0) is 20.7. The average molecular weight is 400 g/mol. The summed E-state index contributed by atoms with van der Waals surface area (Å²) >= 11 is 0. The van der Waals surface area contributed by atoms with Gasteiger partial charge in [-0.1, -0.05) is 30.3 Å². The number of nitrogens with one attached hydrogen (secondary N) is 1. The average Bonchev–Trinajstić information content (AvgIpc) is 3.26. The third-order valence-electron chi connectivity index (χ3n) is 5.89. The molecule has 1 fully saturated rings. The lowest BCUT2D eigenvalue weighted by molar-refractivity contribution is 0.0933. The highest BCUT2D eigenvalue weighted by Gasteiger charge is 2.19. The van der Waals surface area contributed by atoms with Crippen molar-refractivity contribution in [2.75, 3.05) is 19.6 Å². The minimum Gasteiger partial charge on any atom is -0.348 e. The van der Waals surface area contributed by atoms with Gasteiger partial charge in [-0.2, -0.15) is 0 Å². The van der Waals surface area contributed by atoms with E-state index < -0.39 is 0 Å². The summed E-state index contributed by atoms with van der Waals surface area (Å²) in [6.07, 6.45) is 4.11. The number of carbonyl (C=O) groups is 1. The number of hydrogen-bond acceptors (Lipinski definition) is 4. The van der Waals surface area contributed by atoms with E-state index in [9.17, 15) is 9.59 Å². The fourth-order valence-electron chi connectivity index (χ4n) is 4.44. The first-order chi connectivity index (χ1) is 14.6. The van der Waals surface area contributed by atoms with Gasteiger partial charge in [0.25, 0.3) is 11.5 Å². The summed E-state index contributed by atoms with van der Waals surface area (Å²) in [5.74, 6) is -0.203. The maximum atomic E-state index is 13.1. The van der Waals surface area contributed by atoms with Gasteiger partial charge in [-0.25, -0.2) is 4.98 Å². The van der Waals surface area contributed by atoms with Crippen LogP contribution < -0.4 is 10.9 Å². The monoisotopic (exact) mass is 400 g/mol. The zero-order valence-electron chi connectivity index (χ0n) is 17.0. The molecule has 4 aromatic rings. The third-order valence-corrected chi connectivity index (χ3v) is 5.89. The summed E-state index contributed by atoms with van der Waals surface area (Å²) in [7, 11) is 0. The molecule has 1 aliphatic rings. The molecular formula is C24H24N4O2. The van der Waals surface area contributed by atoms with Crippen molar-refractivity contribution in [1.29, 1.82) is 0 Å². The zero-order valence-corrected chi connectivity index (χ0v) is 17.0. The second-order valence-electron chi connectivity index (χ2n) is 8.10. The topological polar surface area (TPSA) is 66.7 Å². The number of aromatic nitrogens is 2. The van der Waals surface area contributed by atoms with E-state index in [0.717, 1.165) is 30.4 Å². The summed E-state index contributed by atoms with van der Waals surface area (Å²) in [5, 5.41) is 5.56. The van der Waals surface area contributed by atoms with Crippen molar-refractivity contribution in [2.45, 2.75) is 25.8 Å². The van der Waals surface area contributed by atoms with Crippen molar-refractivity contribution in [1.82, 2.24) is 19.6 Å². The molecular weight excluding hydrogens is 376 g/mol. The Kier molecular flexibility index (Phi) is 4.71. The van der Waals surface area contributed by atoms with Gasteiger partial charge in [0.15, 0.2) is 5.65 Å². The van der Waals surface area contributed by atoms with Crippen LogP contribution in [0.4, 0.5) is 0 Å². The molecule has 6 heteroatoms. The Hall–Kier alpha value is -3.25. The molecule has 0 saturated carbocycles. The Morgan fingerprint density at radius 2 is 1.87 bits per heavy atom. The van der Waals surface area contributed by atoms with Crippen molar-refractivity contribution in [3.63, 3.8) is 0 Å². The smallest absolute Gasteiger partial charge is 0.265 e. The quantitative estimate of drug-likeness (QED) is 0.422. The minimum atomic E-state index is -0.203. The number of hydrogen-bond donors (Lipinski definition) is 1. The molecule has 0 bridgehead atoms. The van der Waals surface area contributed by atoms with Crippen molar-refractivity contribution in [3.05, 3.63) is 70.6 Å². The molecule has 30 heavy (non-hydrogen) atoms. The Bertz CT molecular complexity index is 1320. The van der Waals surface area contributed by atoms with Crippen LogP contribution in [0.2, 0.25) is 0 Å². The first-order valence-electron chi connectivity index (χ1n) is 10.5. The Morgan fingerprint density at radius 1 is 1.07 bits per heavy atom. The van der Waals surface area contributed by atoms with E-state index in [1.54, 1.807) is 18.3 Å². The highest BCUT2D eigenvalue weighted by molar-refractivity contribution is 6.07. The molecule has 1 N–H and O–H groups in total. The van der Waals surface area contributed by atoms with E-state index in [4.69, 9.17) is 4.98 Å². The van der Waals surface area contributed by atoms with Gasteiger partial charge >= 0.3 is 0 Å². The summed E-state index contributed by atoms with van der Waals surface area (Å²) in [6.45, 7) is 5.02. The number of amides is 1. The standard InChI is InChI=1S/C24H24N4O2/c1-16(15-27-12-4-5-13-27)25-23(29)20-9-6-14-28-22(20)26-21-18-8-3-2-7-17(18)10-11-19(21)24(28)30/h2-3,6-11,14,16H,4-5,12-13,15H2,1H3,(H,25,29)/t16-/m1/s1. The molecule has 1 saturated heterocycles. The first-order valence-corrected chi connectivity index (χ1v) is 10.5. The Labute approximate surface area is 174 Å². The van der Waals surface area contributed by atoms with Gasteiger partial charge in [-0.15, -0.1) is 0 Å². The van der Waals surface area contributed by atoms with Crippen molar-refractivity contribution < 1.29 is 4.79 Å². The molecule has 0 aliphatic carbocycles. The van der Waals surface area contributed by atoms with Gasteiger partial charge in [0.1, 0.15) is 0 Å². The van der Waals surface area contributed by atoms with E-state index in [-0.39, 0.29) is 17.5 Å². The molecule has 0 radical (unpaired) electrons. The van der Waals surface area contributed by atoms with Crippen LogP contribution in [-0.2, 0) is 0 Å². The largest absolute Gasteiger partial charge is 0.348 e. The summed E-state index contributed by atoms with van der Waals surface area (Å²) in [4.78, 5) is 33.4. The first kappa shape index (κ1) is 18.8. The number of benzene rings is 2. The number of fused-ring (bicyclic) bond motifs is 4. The maximum absolute atomic E-state index is 13.1. The van der Waals surface area contributed by atoms with Crippen LogP contribution in [0.5, 0.6) is 0 Å². The second-order valence-corrected chi connectivity index (χ2v) is 8.10. The van der Waals surface area contributed by atoms with Crippen molar-refractivity contribution in [2.24, 2.45) is 0 Å². The van der Waals surface area contributed by atoms with Crippen LogP contribution in [0.3, 0.4) is 0 Å². The predicted octanol–water partition coefficient (Wildman–Crippen LogP) is 3.22. The molecule has 3 heterocycles. The lowest BCUT2D eigenvalue weighted by Crippen LogP contribution is -2.41. The Morgan fingerprint density at radius 3 is 2.70 bits per heavy atom. The van der Waals surface area contributed by atoms with Gasteiger partial charge in [-0.05, 0) is 56.4 Å². The fraction of sp³-hybridized carbons (Fsp3) is 0.292. The van der Waals surface area contributed by atoms with E-state index in [1.165, 1.54) is 17.2 Å². The van der Waals surface area contributed by atoms with E-state index in [0.29, 0.717) is 22.1 Å². The number of carbonyl (C=O) groups excluding carboxylic acids is 1. The van der Waals surface area contributed by atoms with Gasteiger partial charge in [-0.3, -0.25) is 14.0 Å². The van der Waals surface area contributed by atoms with Crippen LogP contribution in [0.1, 0.15) is 30.1 Å². The lowest BCUT2D eigenvalue weighted by Gasteiger charge is -2.21. The molecule has 0 spiro atoms. The van der Waals surface area contributed by atoms with Gasteiger partial charge in [0, 0.05) is 24.2 Å². The van der Waals surface area contributed by atoms with Gasteiger partial charge < -0.3 is 10.2 Å². The highest BCUT2D eigenvalue weighted by atomic mass is 16.2. The van der Waals surface area contributed by atoms with Crippen LogP contribution in [0.25, 0.3) is 27.3 Å². The van der Waals surface area contributed by atoms with Gasteiger partial charge in [0.05, 0.1) is 16.5 Å². The molecule has 1 atom stereocenters. The van der Waals surface area contributed by atoms with Crippen LogP contribution in [0, 0.1) is 0 Å². The predicted molar refractivity (Wildman–Crippen MR) is 119 cm³/mol. The minimum absolute atomic E-state index is 0.0175. The Balaban J connectivity index is 1.59. The maximum Gasteiger partial charge on any atom is 0.265 e. The molecule has 1 aliphatic heterocycles. The second kappa shape index (κ2) is 7.54. The lowest BCUT2D eigenvalue weighted by atomic mass is 10.1. The number of nitrogens with zero attached hydrogens (tertiary/aromatic N) is 3. The van der Waals surface area contributed by atoms with E-state index >= 15 is 0 Å². The SMILES string of the molecule is C[C@H](CN1CCCC1)NC(=O)c1cccn2c(=O)c3ccc4ccccc4c3nc12. The molecule has 1 amide bonds. The van der Waals surface area contributed by atoms with Crippen molar-refractivity contribution >= 4 is 33.2 Å². The van der Waals surface area contributed by atoms with Crippen LogP contribution in [-0.4, -0.2) is 45.9 Å². The molecule has 6 nitrogen and oxygen atoms in total. The fourth-order valence-corrected chi connectivity index (χ4v) is 4.44. The molecule has 0 unspecified atom stereocenters. The molecule has 5 rings (SSSR count). The molecule has 2 aromatic carbocycles. The third kappa shape index (κ3) is 3.23. The molecule has 2 aromatic heterocycles.